The van der Waals surface area contributed by atoms with Gasteiger partial charge in [-0.05, 0) is 49.3 Å². The summed E-state index contributed by atoms with van der Waals surface area (Å²) in [6.07, 6.45) is 6.35. The van der Waals surface area contributed by atoms with Crippen LogP contribution in [0.4, 0.5) is 0 Å². The quantitative estimate of drug-likeness (QED) is 0.770. The summed E-state index contributed by atoms with van der Waals surface area (Å²) in [6, 6.07) is 6.04. The van der Waals surface area contributed by atoms with Gasteiger partial charge in [-0.3, -0.25) is 0 Å². The fourth-order valence-corrected chi connectivity index (χ4v) is 4.19. The molecule has 0 heterocycles. The van der Waals surface area contributed by atoms with Gasteiger partial charge in [0.1, 0.15) is 0 Å². The minimum Gasteiger partial charge on any atom is -0.321 e. The first-order valence-corrected chi connectivity index (χ1v) is 8.36. The molecule has 1 aliphatic carbocycles. The fraction of sp³-hybridized carbons (Fsp3) is 0.625. The highest BCUT2D eigenvalue weighted by molar-refractivity contribution is 9.10. The van der Waals surface area contributed by atoms with Crippen LogP contribution in [0.25, 0.3) is 0 Å². The molecule has 2 N–H and O–H groups in total. The van der Waals surface area contributed by atoms with Crippen LogP contribution in [-0.2, 0) is 5.54 Å². The Kier molecular flexibility index (Phi) is 4.97. The van der Waals surface area contributed by atoms with E-state index in [1.165, 1.54) is 32.1 Å². The summed E-state index contributed by atoms with van der Waals surface area (Å²) in [5.74, 6) is 1.43. The van der Waals surface area contributed by atoms with E-state index in [4.69, 9.17) is 17.3 Å². The molecule has 3 heteroatoms. The van der Waals surface area contributed by atoms with E-state index < -0.39 is 0 Å². The molecule has 19 heavy (non-hydrogen) atoms. The Morgan fingerprint density at radius 3 is 2.47 bits per heavy atom. The maximum Gasteiger partial charge on any atom is 0.0467 e. The fourth-order valence-electron chi connectivity index (χ4n) is 3.32. The van der Waals surface area contributed by atoms with E-state index in [0.717, 1.165) is 21.0 Å². The molecule has 1 aromatic carbocycles. The molecule has 0 aliphatic heterocycles. The molecule has 0 amide bonds. The van der Waals surface area contributed by atoms with Crippen molar-refractivity contribution < 1.29 is 0 Å². The van der Waals surface area contributed by atoms with Crippen LogP contribution in [-0.4, -0.2) is 0 Å². The predicted molar refractivity (Wildman–Crippen MR) is 86.4 cm³/mol. The van der Waals surface area contributed by atoms with E-state index in [1.807, 2.05) is 12.1 Å². The zero-order valence-electron chi connectivity index (χ0n) is 11.8. The third kappa shape index (κ3) is 3.34. The summed E-state index contributed by atoms with van der Waals surface area (Å²) in [5, 5.41) is 0.775. The zero-order valence-corrected chi connectivity index (χ0v) is 14.1. The van der Waals surface area contributed by atoms with Gasteiger partial charge in [0, 0.05) is 15.0 Å². The average molecular weight is 345 g/mol. The van der Waals surface area contributed by atoms with Gasteiger partial charge < -0.3 is 5.73 Å². The Morgan fingerprint density at radius 2 is 1.95 bits per heavy atom. The number of hydrogen-bond acceptors (Lipinski definition) is 1. The molecule has 0 spiro atoms. The second-order valence-corrected chi connectivity index (χ2v) is 7.36. The number of benzene rings is 1. The highest BCUT2D eigenvalue weighted by atomic mass is 79.9. The first-order chi connectivity index (χ1) is 8.95. The van der Waals surface area contributed by atoms with Crippen molar-refractivity contribution in [3.8, 4) is 0 Å². The summed E-state index contributed by atoms with van der Waals surface area (Å²) in [6.45, 7) is 4.43. The largest absolute Gasteiger partial charge is 0.321 e. The van der Waals surface area contributed by atoms with Gasteiger partial charge in [-0.25, -0.2) is 0 Å². The van der Waals surface area contributed by atoms with E-state index in [9.17, 15) is 0 Å². The van der Waals surface area contributed by atoms with Crippen molar-refractivity contribution in [1.82, 2.24) is 0 Å². The minimum atomic E-state index is -0.323. The van der Waals surface area contributed by atoms with E-state index in [1.54, 1.807) is 0 Å². The molecule has 106 valence electrons. The van der Waals surface area contributed by atoms with Crippen molar-refractivity contribution in [2.45, 2.75) is 51.5 Å². The highest BCUT2D eigenvalue weighted by Gasteiger charge is 2.35. The smallest absolute Gasteiger partial charge is 0.0467 e. The molecule has 1 atom stereocenters. The summed E-state index contributed by atoms with van der Waals surface area (Å²) in [5.41, 5.74) is 7.41. The standard InChI is InChI=1S/C16H23BrClN/c1-3-11-4-6-12(7-5-11)16(2,19)14-9-8-13(17)10-15(14)18/h8-12H,3-7,19H2,1-2H3. The lowest BCUT2D eigenvalue weighted by molar-refractivity contribution is 0.183. The first kappa shape index (κ1) is 15.3. The van der Waals surface area contributed by atoms with E-state index >= 15 is 0 Å². The van der Waals surface area contributed by atoms with E-state index in [2.05, 4.69) is 35.8 Å². The Bertz CT molecular complexity index is 436. The highest BCUT2D eigenvalue weighted by Crippen LogP contribution is 2.42. The SMILES string of the molecule is CCC1CCC(C(C)(N)c2ccc(Br)cc2Cl)CC1. The van der Waals surface area contributed by atoms with E-state index in [-0.39, 0.29) is 5.54 Å². The predicted octanol–water partition coefficient (Wildman–Crippen LogP) is 5.49. The van der Waals surface area contributed by atoms with Crippen LogP contribution in [0.15, 0.2) is 22.7 Å². The Morgan fingerprint density at radius 1 is 1.32 bits per heavy atom. The molecular formula is C16H23BrClN. The van der Waals surface area contributed by atoms with Crippen LogP contribution < -0.4 is 5.73 Å². The summed E-state index contributed by atoms with van der Waals surface area (Å²) < 4.78 is 1.01. The summed E-state index contributed by atoms with van der Waals surface area (Å²) in [4.78, 5) is 0. The lowest BCUT2D eigenvalue weighted by Gasteiger charge is -2.39. The Hall–Kier alpha value is -0.0500. The van der Waals surface area contributed by atoms with Gasteiger partial charge in [0.15, 0.2) is 0 Å². The first-order valence-electron chi connectivity index (χ1n) is 7.19. The van der Waals surface area contributed by atoms with Crippen LogP contribution in [0.1, 0.15) is 51.5 Å². The van der Waals surface area contributed by atoms with Gasteiger partial charge in [0.25, 0.3) is 0 Å². The molecule has 0 bridgehead atoms. The number of halogens is 2. The van der Waals surface area contributed by atoms with Crippen molar-refractivity contribution in [2.24, 2.45) is 17.6 Å². The molecule has 0 aromatic heterocycles. The van der Waals surface area contributed by atoms with Gasteiger partial charge in [0.05, 0.1) is 0 Å². The van der Waals surface area contributed by atoms with Gasteiger partial charge in [0.2, 0.25) is 0 Å². The number of hydrogen-bond donors (Lipinski definition) is 1. The van der Waals surface area contributed by atoms with Crippen LogP contribution in [0.5, 0.6) is 0 Å². The van der Waals surface area contributed by atoms with Crippen LogP contribution in [0, 0.1) is 11.8 Å². The second kappa shape index (κ2) is 6.15. The van der Waals surface area contributed by atoms with Crippen molar-refractivity contribution in [1.29, 1.82) is 0 Å². The second-order valence-electron chi connectivity index (χ2n) is 6.03. The molecule has 0 radical (unpaired) electrons. The normalized spacial score (nSPS) is 27.0. The molecule has 1 unspecified atom stereocenters. The minimum absolute atomic E-state index is 0.323. The Labute approximate surface area is 130 Å². The van der Waals surface area contributed by atoms with E-state index in [0.29, 0.717) is 5.92 Å². The number of nitrogens with two attached hydrogens (primary N) is 1. The molecule has 1 nitrogen and oxygen atoms in total. The van der Waals surface area contributed by atoms with Crippen molar-refractivity contribution in [3.05, 3.63) is 33.3 Å². The van der Waals surface area contributed by atoms with Crippen molar-refractivity contribution >= 4 is 27.5 Å². The van der Waals surface area contributed by atoms with Gasteiger partial charge in [-0.15, -0.1) is 0 Å². The lowest BCUT2D eigenvalue weighted by Crippen LogP contribution is -2.43. The van der Waals surface area contributed by atoms with Crippen molar-refractivity contribution in [3.63, 3.8) is 0 Å². The summed E-state index contributed by atoms with van der Waals surface area (Å²) >= 11 is 9.83. The zero-order chi connectivity index (χ0) is 14.0. The topological polar surface area (TPSA) is 26.0 Å². The van der Waals surface area contributed by atoms with Crippen LogP contribution in [0.3, 0.4) is 0 Å². The van der Waals surface area contributed by atoms with Gasteiger partial charge in [-0.2, -0.15) is 0 Å². The molecule has 1 fully saturated rings. The lowest BCUT2D eigenvalue weighted by atomic mass is 9.70. The maximum absolute atomic E-state index is 6.65. The molecule has 1 aromatic rings. The third-order valence-electron chi connectivity index (χ3n) is 4.78. The van der Waals surface area contributed by atoms with Crippen molar-refractivity contribution in [2.75, 3.05) is 0 Å². The Balaban J connectivity index is 2.18. The van der Waals surface area contributed by atoms with Gasteiger partial charge >= 0.3 is 0 Å². The molecular weight excluding hydrogens is 322 g/mol. The molecule has 1 aliphatic rings. The molecule has 2 rings (SSSR count). The summed E-state index contributed by atoms with van der Waals surface area (Å²) in [7, 11) is 0. The van der Waals surface area contributed by atoms with Crippen LogP contribution >= 0.6 is 27.5 Å². The average Bonchev–Trinajstić information content (AvgIpc) is 2.38. The molecule has 0 saturated heterocycles. The number of rotatable bonds is 3. The van der Waals surface area contributed by atoms with Crippen LogP contribution in [0.2, 0.25) is 5.02 Å². The third-order valence-corrected chi connectivity index (χ3v) is 5.59. The molecule has 1 saturated carbocycles. The van der Waals surface area contributed by atoms with Gasteiger partial charge in [-0.1, -0.05) is 59.8 Å². The monoisotopic (exact) mass is 343 g/mol. The maximum atomic E-state index is 6.65.